The van der Waals surface area contributed by atoms with E-state index in [1.54, 1.807) is 54.6 Å². The van der Waals surface area contributed by atoms with E-state index in [-0.39, 0.29) is 28.6 Å². The minimum atomic E-state index is -5.11. The van der Waals surface area contributed by atoms with Crippen molar-refractivity contribution in [1.29, 1.82) is 0 Å². The number of halogens is 6. The lowest BCUT2D eigenvalue weighted by molar-refractivity contribution is -0.142. The molecule has 0 unspecified atom stereocenters. The first-order chi connectivity index (χ1) is 25.0. The van der Waals surface area contributed by atoms with Crippen LogP contribution < -0.4 is 0 Å². The van der Waals surface area contributed by atoms with Crippen LogP contribution in [-0.2, 0) is 12.4 Å². The zero-order valence-electron chi connectivity index (χ0n) is 27.3. The predicted molar refractivity (Wildman–Crippen MR) is 191 cm³/mol. The maximum absolute atomic E-state index is 14.7. The third kappa shape index (κ3) is 5.85. The molecule has 10 heteroatoms. The van der Waals surface area contributed by atoms with E-state index in [4.69, 9.17) is 15.0 Å². The van der Waals surface area contributed by atoms with Gasteiger partial charge in [0.25, 0.3) is 0 Å². The predicted octanol–water partition coefficient (Wildman–Crippen LogP) is 12.0. The standard InChI is InChI=1S/C42H26F6N4/c1-25-19-21-30-29-15-8-9-18-35(29)52(36(30)23-25)28-20-22-31(37-33(41(43,44)45)16-10-17-34(37)42(46,47)48)32(24-28)40-50-38(26-11-4-2-5-12-26)49-39(51-40)27-13-6-3-7-14-27/h2-24H,1H3. The van der Waals surface area contributed by atoms with Crippen LogP contribution in [0.4, 0.5) is 26.3 Å². The normalized spacial score (nSPS) is 12.1. The van der Waals surface area contributed by atoms with Gasteiger partial charge in [-0.3, -0.25) is 0 Å². The second-order valence-electron chi connectivity index (χ2n) is 12.4. The van der Waals surface area contributed by atoms with Gasteiger partial charge in [-0.2, -0.15) is 26.3 Å². The quantitative estimate of drug-likeness (QED) is 0.168. The SMILES string of the molecule is Cc1ccc2c3ccccc3n(-c3ccc(-c4c(C(F)(F)F)cccc4C(F)(F)F)c(-c4nc(-c5ccccc5)nc(-c5ccccc5)n4)c3)c2c1. The number of aromatic nitrogens is 4. The van der Waals surface area contributed by atoms with E-state index in [1.807, 2.05) is 66.1 Å². The van der Waals surface area contributed by atoms with E-state index < -0.39 is 29.0 Å². The van der Waals surface area contributed by atoms with E-state index in [0.29, 0.717) is 28.9 Å². The lowest BCUT2D eigenvalue weighted by Gasteiger charge is -2.22. The number of para-hydroxylation sites is 1. The summed E-state index contributed by atoms with van der Waals surface area (Å²) in [4.78, 5) is 14.2. The smallest absolute Gasteiger partial charge is 0.309 e. The third-order valence-corrected chi connectivity index (χ3v) is 8.98. The molecule has 0 amide bonds. The molecule has 0 aliphatic rings. The first kappa shape index (κ1) is 32.9. The van der Waals surface area contributed by atoms with Crippen molar-refractivity contribution in [2.24, 2.45) is 0 Å². The molecule has 0 spiro atoms. The van der Waals surface area contributed by atoms with Gasteiger partial charge in [0.15, 0.2) is 17.5 Å². The Kier molecular flexibility index (Phi) is 7.90. The zero-order valence-corrected chi connectivity index (χ0v) is 27.3. The maximum atomic E-state index is 14.7. The zero-order chi connectivity index (χ0) is 36.2. The van der Waals surface area contributed by atoms with E-state index >= 15 is 0 Å². The minimum absolute atomic E-state index is 0.0324. The largest absolute Gasteiger partial charge is 0.417 e. The Morgan fingerprint density at radius 3 is 1.60 bits per heavy atom. The lowest BCUT2D eigenvalue weighted by atomic mass is 9.89. The molecule has 8 aromatic rings. The highest BCUT2D eigenvalue weighted by atomic mass is 19.4. The summed E-state index contributed by atoms with van der Waals surface area (Å²) in [6, 6.07) is 38.0. The van der Waals surface area contributed by atoms with Crippen molar-refractivity contribution >= 4 is 21.8 Å². The van der Waals surface area contributed by atoms with E-state index in [0.717, 1.165) is 33.4 Å². The van der Waals surface area contributed by atoms with Crippen LogP contribution in [0.5, 0.6) is 0 Å². The molecule has 0 fully saturated rings. The van der Waals surface area contributed by atoms with Gasteiger partial charge in [-0.25, -0.2) is 15.0 Å². The fraction of sp³-hybridized carbons (Fsp3) is 0.0714. The molecule has 2 heterocycles. The highest BCUT2D eigenvalue weighted by Crippen LogP contribution is 2.47. The highest BCUT2D eigenvalue weighted by Gasteiger charge is 2.41. The van der Waals surface area contributed by atoms with Gasteiger partial charge >= 0.3 is 12.4 Å². The fourth-order valence-corrected chi connectivity index (χ4v) is 6.68. The molecule has 0 aliphatic carbocycles. The molecule has 4 nitrogen and oxygen atoms in total. The number of benzene rings is 6. The van der Waals surface area contributed by atoms with Gasteiger partial charge in [0, 0.05) is 38.7 Å². The summed E-state index contributed by atoms with van der Waals surface area (Å²) in [5.41, 5.74) is 0.0443. The molecule has 0 N–H and O–H groups in total. The Morgan fingerprint density at radius 2 is 1.00 bits per heavy atom. The van der Waals surface area contributed by atoms with Gasteiger partial charge in [0.2, 0.25) is 0 Å². The molecular weight excluding hydrogens is 674 g/mol. The van der Waals surface area contributed by atoms with Crippen LogP contribution in [0, 0.1) is 6.92 Å². The van der Waals surface area contributed by atoms with Crippen molar-refractivity contribution in [3.8, 4) is 51.0 Å². The maximum Gasteiger partial charge on any atom is 0.417 e. The molecule has 8 rings (SSSR count). The second kappa shape index (κ2) is 12.5. The summed E-state index contributed by atoms with van der Waals surface area (Å²) < 4.78 is 90.1. The van der Waals surface area contributed by atoms with Gasteiger partial charge in [0.05, 0.1) is 22.2 Å². The van der Waals surface area contributed by atoms with Crippen LogP contribution in [0.1, 0.15) is 16.7 Å². The molecule has 0 atom stereocenters. The molecule has 0 saturated heterocycles. The van der Waals surface area contributed by atoms with Gasteiger partial charge < -0.3 is 4.57 Å². The third-order valence-electron chi connectivity index (χ3n) is 8.98. The van der Waals surface area contributed by atoms with Crippen molar-refractivity contribution in [2.75, 3.05) is 0 Å². The molecule has 52 heavy (non-hydrogen) atoms. The van der Waals surface area contributed by atoms with Gasteiger partial charge in [-0.05, 0) is 54.4 Å². The van der Waals surface area contributed by atoms with E-state index in [9.17, 15) is 26.3 Å². The number of hydrogen-bond acceptors (Lipinski definition) is 3. The number of nitrogens with zero attached hydrogens (tertiary/aromatic N) is 4. The highest BCUT2D eigenvalue weighted by molar-refractivity contribution is 6.09. The Labute approximate surface area is 293 Å². The molecule has 0 saturated carbocycles. The van der Waals surface area contributed by atoms with Crippen molar-refractivity contribution in [3.05, 3.63) is 156 Å². The molecule has 256 valence electrons. The monoisotopic (exact) mass is 700 g/mol. The van der Waals surface area contributed by atoms with Gasteiger partial charge in [-0.1, -0.05) is 103 Å². The summed E-state index contributed by atoms with van der Waals surface area (Å²) in [6.45, 7) is 1.95. The van der Waals surface area contributed by atoms with Crippen LogP contribution in [-0.4, -0.2) is 19.5 Å². The number of aryl methyl sites for hydroxylation is 1. The number of fused-ring (bicyclic) bond motifs is 3. The molecule has 0 radical (unpaired) electrons. The summed E-state index contributed by atoms with van der Waals surface area (Å²) in [7, 11) is 0. The van der Waals surface area contributed by atoms with E-state index in [2.05, 4.69) is 0 Å². The number of alkyl halides is 6. The summed E-state index contributed by atoms with van der Waals surface area (Å²) in [5, 5.41) is 1.87. The van der Waals surface area contributed by atoms with Crippen LogP contribution in [0.25, 0.3) is 72.8 Å². The molecule has 2 aromatic heterocycles. The minimum Gasteiger partial charge on any atom is -0.309 e. The van der Waals surface area contributed by atoms with Crippen molar-refractivity contribution in [2.45, 2.75) is 19.3 Å². The Morgan fingerprint density at radius 1 is 0.462 bits per heavy atom. The molecular formula is C42H26F6N4. The summed E-state index contributed by atoms with van der Waals surface area (Å²) in [5.74, 6) is 0.313. The average Bonchev–Trinajstić information content (AvgIpc) is 3.47. The first-order valence-electron chi connectivity index (χ1n) is 16.3. The van der Waals surface area contributed by atoms with Crippen molar-refractivity contribution in [3.63, 3.8) is 0 Å². The Hall–Kier alpha value is -6.29. The lowest BCUT2D eigenvalue weighted by Crippen LogP contribution is -2.14. The van der Waals surface area contributed by atoms with Crippen molar-refractivity contribution < 1.29 is 26.3 Å². The van der Waals surface area contributed by atoms with Gasteiger partial charge in [-0.15, -0.1) is 0 Å². The number of hydrogen-bond donors (Lipinski definition) is 0. The van der Waals surface area contributed by atoms with Gasteiger partial charge in [0.1, 0.15) is 0 Å². The molecule has 0 aliphatic heterocycles. The van der Waals surface area contributed by atoms with Crippen LogP contribution in [0.3, 0.4) is 0 Å². The van der Waals surface area contributed by atoms with Crippen LogP contribution >= 0.6 is 0 Å². The second-order valence-corrected chi connectivity index (χ2v) is 12.4. The van der Waals surface area contributed by atoms with E-state index in [1.165, 1.54) is 12.1 Å². The van der Waals surface area contributed by atoms with Crippen LogP contribution in [0.2, 0.25) is 0 Å². The number of rotatable bonds is 5. The summed E-state index contributed by atoms with van der Waals surface area (Å²) in [6.07, 6.45) is -10.2. The Bertz CT molecular complexity index is 2520. The van der Waals surface area contributed by atoms with Crippen molar-refractivity contribution in [1.82, 2.24) is 19.5 Å². The average molecular weight is 701 g/mol. The van der Waals surface area contributed by atoms with Crippen LogP contribution in [0.15, 0.2) is 140 Å². The topological polar surface area (TPSA) is 43.6 Å². The fourth-order valence-electron chi connectivity index (χ4n) is 6.68. The Balaban J connectivity index is 1.50. The first-order valence-corrected chi connectivity index (χ1v) is 16.3. The molecule has 0 bridgehead atoms. The molecule has 6 aromatic carbocycles. The summed E-state index contributed by atoms with van der Waals surface area (Å²) >= 11 is 0.